The van der Waals surface area contributed by atoms with E-state index in [1.54, 1.807) is 24.3 Å². The summed E-state index contributed by atoms with van der Waals surface area (Å²) < 4.78 is 0. The van der Waals surface area contributed by atoms with Crippen LogP contribution in [0.2, 0.25) is 0 Å². The van der Waals surface area contributed by atoms with E-state index in [9.17, 15) is 9.59 Å². The second kappa shape index (κ2) is 8.46. The van der Waals surface area contributed by atoms with Crippen molar-refractivity contribution >= 4 is 17.5 Å². The van der Waals surface area contributed by atoms with Crippen LogP contribution in [0.25, 0.3) is 0 Å². The van der Waals surface area contributed by atoms with Crippen molar-refractivity contribution in [2.45, 2.75) is 13.0 Å². The zero-order valence-corrected chi connectivity index (χ0v) is 16.3. The van der Waals surface area contributed by atoms with Gasteiger partial charge in [0.2, 0.25) is 11.8 Å². The first-order valence-corrected chi connectivity index (χ1v) is 10.00. The third kappa shape index (κ3) is 4.64. The molecule has 1 aliphatic heterocycles. The smallest absolute Gasteiger partial charge is 0.228 e. The van der Waals surface area contributed by atoms with E-state index in [-0.39, 0.29) is 23.7 Å². The lowest BCUT2D eigenvalue weighted by atomic mass is 10.2. The summed E-state index contributed by atoms with van der Waals surface area (Å²) >= 11 is 0. The Hall–Kier alpha value is -3.17. The molecule has 2 aromatic carbocycles. The molecule has 2 amide bonds. The van der Waals surface area contributed by atoms with Crippen LogP contribution in [0.5, 0.6) is 0 Å². The first-order chi connectivity index (χ1) is 14.1. The maximum absolute atomic E-state index is 12.8. The van der Waals surface area contributed by atoms with Gasteiger partial charge in [-0.3, -0.25) is 14.5 Å². The van der Waals surface area contributed by atoms with E-state index >= 15 is 0 Å². The van der Waals surface area contributed by atoms with E-state index in [2.05, 4.69) is 28.4 Å². The fourth-order valence-corrected chi connectivity index (χ4v) is 3.86. The molecule has 6 nitrogen and oxygen atoms in total. The lowest BCUT2D eigenvalue weighted by Gasteiger charge is -2.35. The molecular formula is C23H24N4O2. The normalized spacial score (nSPS) is 21.3. The Morgan fingerprint density at radius 3 is 2.48 bits per heavy atom. The monoisotopic (exact) mass is 388 g/mol. The minimum absolute atomic E-state index is 0.0929. The molecule has 148 valence electrons. The molecule has 4 rings (SSSR count). The number of benzene rings is 2. The van der Waals surface area contributed by atoms with Gasteiger partial charge in [-0.05, 0) is 30.2 Å². The van der Waals surface area contributed by atoms with Crippen molar-refractivity contribution in [1.82, 2.24) is 9.80 Å². The van der Waals surface area contributed by atoms with Crippen LogP contribution >= 0.6 is 0 Å². The third-order valence-electron chi connectivity index (χ3n) is 5.64. The van der Waals surface area contributed by atoms with Crippen LogP contribution in [0.3, 0.4) is 0 Å². The molecule has 1 saturated heterocycles. The Bertz CT molecular complexity index is 929. The van der Waals surface area contributed by atoms with Crippen molar-refractivity contribution < 1.29 is 9.59 Å². The van der Waals surface area contributed by atoms with Gasteiger partial charge in [-0.15, -0.1) is 0 Å². The first kappa shape index (κ1) is 19.2. The van der Waals surface area contributed by atoms with Gasteiger partial charge in [0.05, 0.1) is 23.5 Å². The van der Waals surface area contributed by atoms with Crippen molar-refractivity contribution in [3.8, 4) is 6.07 Å². The van der Waals surface area contributed by atoms with Crippen molar-refractivity contribution in [1.29, 1.82) is 5.26 Å². The molecule has 2 atom stereocenters. The number of amides is 2. The van der Waals surface area contributed by atoms with Crippen LogP contribution in [0.4, 0.5) is 5.69 Å². The Morgan fingerprint density at radius 2 is 1.76 bits per heavy atom. The molecule has 0 radical (unpaired) electrons. The number of nitriles is 1. The molecule has 29 heavy (non-hydrogen) atoms. The van der Waals surface area contributed by atoms with Gasteiger partial charge in [0, 0.05) is 38.4 Å². The Morgan fingerprint density at radius 1 is 1.00 bits per heavy atom. The van der Waals surface area contributed by atoms with Gasteiger partial charge < -0.3 is 10.2 Å². The predicted octanol–water partition coefficient (Wildman–Crippen LogP) is 2.48. The van der Waals surface area contributed by atoms with Gasteiger partial charge in [0.15, 0.2) is 0 Å². The highest BCUT2D eigenvalue weighted by Gasteiger charge is 2.49. The number of rotatable bonds is 5. The van der Waals surface area contributed by atoms with Gasteiger partial charge in [0.25, 0.3) is 0 Å². The highest BCUT2D eigenvalue weighted by atomic mass is 16.2. The van der Waals surface area contributed by atoms with E-state index in [1.807, 2.05) is 23.1 Å². The summed E-state index contributed by atoms with van der Waals surface area (Å²) in [6.07, 6.45) is 0.604. The highest BCUT2D eigenvalue weighted by molar-refractivity contribution is 5.99. The molecule has 2 aromatic rings. The van der Waals surface area contributed by atoms with E-state index in [4.69, 9.17) is 5.26 Å². The zero-order valence-electron chi connectivity index (χ0n) is 16.3. The molecule has 0 bridgehead atoms. The number of piperazine rings is 1. The number of carbonyl (C=O) groups is 2. The fourth-order valence-electron chi connectivity index (χ4n) is 3.86. The average Bonchev–Trinajstić information content (AvgIpc) is 3.56. The topological polar surface area (TPSA) is 76.4 Å². The van der Waals surface area contributed by atoms with Crippen molar-refractivity contribution in [3.05, 3.63) is 65.7 Å². The minimum atomic E-state index is -0.268. The summed E-state index contributed by atoms with van der Waals surface area (Å²) in [7, 11) is 0. The molecule has 2 unspecified atom stereocenters. The van der Waals surface area contributed by atoms with Crippen molar-refractivity contribution in [2.24, 2.45) is 11.8 Å². The van der Waals surface area contributed by atoms with Crippen LogP contribution < -0.4 is 5.32 Å². The van der Waals surface area contributed by atoms with Gasteiger partial charge in [-0.25, -0.2) is 0 Å². The van der Waals surface area contributed by atoms with E-state index in [0.717, 1.165) is 19.6 Å². The first-order valence-electron chi connectivity index (χ1n) is 10.00. The highest BCUT2D eigenvalue weighted by Crippen LogP contribution is 2.41. The second-order valence-electron chi connectivity index (χ2n) is 7.72. The molecule has 1 aliphatic carbocycles. The summed E-state index contributed by atoms with van der Waals surface area (Å²) in [6.45, 7) is 4.02. The Labute approximate surface area is 170 Å². The molecule has 0 aromatic heterocycles. The van der Waals surface area contributed by atoms with Crippen LogP contribution in [-0.2, 0) is 16.1 Å². The molecule has 1 N–H and O–H groups in total. The lowest BCUT2D eigenvalue weighted by molar-refractivity contribution is -0.135. The summed E-state index contributed by atoms with van der Waals surface area (Å²) in [5, 5.41) is 11.8. The summed E-state index contributed by atoms with van der Waals surface area (Å²) in [5.41, 5.74) is 2.38. The molecule has 6 heteroatoms. The third-order valence-corrected chi connectivity index (χ3v) is 5.64. The van der Waals surface area contributed by atoms with Crippen molar-refractivity contribution in [2.75, 3.05) is 31.5 Å². The second-order valence-corrected chi connectivity index (χ2v) is 7.72. The summed E-state index contributed by atoms with van der Waals surface area (Å²) in [6, 6.07) is 19.2. The lowest BCUT2D eigenvalue weighted by Crippen LogP contribution is -2.49. The van der Waals surface area contributed by atoms with Crippen LogP contribution in [0.1, 0.15) is 17.5 Å². The number of hydrogen-bond acceptors (Lipinski definition) is 4. The Balaban J connectivity index is 1.25. The van der Waals surface area contributed by atoms with Gasteiger partial charge in [-0.2, -0.15) is 5.26 Å². The molecule has 1 heterocycles. The molecule has 2 fully saturated rings. The number of hydrogen-bond donors (Lipinski definition) is 1. The predicted molar refractivity (Wildman–Crippen MR) is 110 cm³/mol. The Kier molecular flexibility index (Phi) is 5.59. The number of carbonyl (C=O) groups excluding carboxylic acids is 2. The number of anilines is 1. The fraction of sp³-hybridized carbons (Fsp3) is 0.348. The SMILES string of the molecule is N#Cc1cccc(NC(=O)C2CC2C(=O)N2CCN(Cc3ccccc3)CC2)c1. The summed E-state index contributed by atoms with van der Waals surface area (Å²) in [4.78, 5) is 29.5. The van der Waals surface area contributed by atoms with E-state index in [1.165, 1.54) is 5.56 Å². The molecule has 1 saturated carbocycles. The maximum Gasteiger partial charge on any atom is 0.228 e. The largest absolute Gasteiger partial charge is 0.340 e. The minimum Gasteiger partial charge on any atom is -0.340 e. The molecule has 0 spiro atoms. The maximum atomic E-state index is 12.8. The molecular weight excluding hydrogens is 364 g/mol. The van der Waals surface area contributed by atoms with Gasteiger partial charge >= 0.3 is 0 Å². The van der Waals surface area contributed by atoms with Gasteiger partial charge in [-0.1, -0.05) is 36.4 Å². The quantitative estimate of drug-likeness (QED) is 0.854. The van der Waals surface area contributed by atoms with Crippen LogP contribution in [-0.4, -0.2) is 47.8 Å². The van der Waals surface area contributed by atoms with Crippen molar-refractivity contribution in [3.63, 3.8) is 0 Å². The van der Waals surface area contributed by atoms with E-state index in [0.29, 0.717) is 30.8 Å². The summed E-state index contributed by atoms with van der Waals surface area (Å²) in [5.74, 6) is -0.526. The van der Waals surface area contributed by atoms with Gasteiger partial charge in [0.1, 0.15) is 0 Å². The standard InChI is InChI=1S/C23H24N4O2/c24-15-18-7-4-8-19(13-18)25-22(28)20-14-21(20)23(29)27-11-9-26(10-12-27)16-17-5-2-1-3-6-17/h1-8,13,20-21H,9-12,14,16H2,(H,25,28). The average molecular weight is 388 g/mol. The molecule has 2 aliphatic rings. The van der Waals surface area contributed by atoms with E-state index < -0.39 is 0 Å². The van der Waals surface area contributed by atoms with Crippen LogP contribution in [0, 0.1) is 23.2 Å². The number of nitrogens with zero attached hydrogens (tertiary/aromatic N) is 3. The van der Waals surface area contributed by atoms with Crippen LogP contribution in [0.15, 0.2) is 54.6 Å². The zero-order chi connectivity index (χ0) is 20.2. The number of nitrogens with one attached hydrogen (secondary N) is 1.